The Labute approximate surface area is 122 Å². The van der Waals surface area contributed by atoms with Crippen LogP contribution in [0, 0.1) is 5.41 Å². The zero-order valence-corrected chi connectivity index (χ0v) is 12.9. The van der Waals surface area contributed by atoms with Crippen molar-refractivity contribution in [3.05, 3.63) is 42.5 Å². The minimum absolute atomic E-state index is 0.0992. The zero-order valence-electron chi connectivity index (χ0n) is 12.9. The monoisotopic (exact) mass is 271 g/mol. The fourth-order valence-corrected chi connectivity index (χ4v) is 2.97. The van der Waals surface area contributed by atoms with Crippen LogP contribution in [0.3, 0.4) is 0 Å². The van der Waals surface area contributed by atoms with Gasteiger partial charge in [-0.3, -0.25) is 4.79 Å². The minimum Gasteiger partial charge on any atom is -0.312 e. The van der Waals surface area contributed by atoms with Crippen LogP contribution in [0.25, 0.3) is 0 Å². The predicted octanol–water partition coefficient (Wildman–Crippen LogP) is 4.52. The van der Waals surface area contributed by atoms with Crippen LogP contribution in [0.5, 0.6) is 0 Å². The molecule has 0 saturated carbocycles. The molecule has 0 aromatic heterocycles. The highest BCUT2D eigenvalue weighted by Gasteiger charge is 2.44. The Balaban J connectivity index is 2.34. The minimum atomic E-state index is -0.216. The molecule has 20 heavy (non-hydrogen) atoms. The van der Waals surface area contributed by atoms with E-state index in [-0.39, 0.29) is 17.2 Å². The van der Waals surface area contributed by atoms with E-state index in [1.54, 1.807) is 0 Å². The molecule has 1 aliphatic rings. The number of carbonyl (C=O) groups excluding carboxylic acids is 1. The Kier molecular flexibility index (Phi) is 4.32. The van der Waals surface area contributed by atoms with Gasteiger partial charge in [0, 0.05) is 12.2 Å². The lowest BCUT2D eigenvalue weighted by Crippen LogP contribution is -2.34. The summed E-state index contributed by atoms with van der Waals surface area (Å²) in [5.74, 6) is 0.130. The second-order valence-corrected chi connectivity index (χ2v) is 6.21. The van der Waals surface area contributed by atoms with Crippen LogP contribution >= 0.6 is 0 Å². The highest BCUT2D eigenvalue weighted by Crippen LogP contribution is 2.47. The number of nitrogens with zero attached hydrogens (tertiary/aromatic N) is 1. The largest absolute Gasteiger partial charge is 0.312 e. The van der Waals surface area contributed by atoms with E-state index in [2.05, 4.69) is 39.5 Å². The number of hydrogen-bond acceptors (Lipinski definition) is 1. The third-order valence-corrected chi connectivity index (χ3v) is 4.31. The number of anilines is 1. The molecular weight excluding hydrogens is 246 g/mol. The first-order chi connectivity index (χ1) is 9.53. The number of benzene rings is 1. The Morgan fingerprint density at radius 1 is 1.30 bits per heavy atom. The fraction of sp³-hybridized carbons (Fsp3) is 0.500. The molecule has 1 atom stereocenters. The van der Waals surface area contributed by atoms with Crippen LogP contribution in [0.1, 0.15) is 51.5 Å². The highest BCUT2D eigenvalue weighted by atomic mass is 16.2. The summed E-state index contributed by atoms with van der Waals surface area (Å²) in [7, 11) is 0. The maximum atomic E-state index is 12.8. The molecule has 2 heteroatoms. The van der Waals surface area contributed by atoms with Crippen molar-refractivity contribution in [2.24, 2.45) is 5.41 Å². The van der Waals surface area contributed by atoms with Crippen molar-refractivity contribution in [1.29, 1.82) is 0 Å². The van der Waals surface area contributed by atoms with Crippen LogP contribution in [-0.4, -0.2) is 12.5 Å². The van der Waals surface area contributed by atoms with E-state index < -0.39 is 0 Å². The maximum absolute atomic E-state index is 12.8. The number of para-hydroxylation sites is 1. The fourth-order valence-electron chi connectivity index (χ4n) is 2.97. The van der Waals surface area contributed by atoms with E-state index in [4.69, 9.17) is 0 Å². The maximum Gasteiger partial charge on any atom is 0.235 e. The molecule has 2 nitrogen and oxygen atoms in total. The van der Waals surface area contributed by atoms with Gasteiger partial charge in [-0.05, 0) is 23.5 Å². The third kappa shape index (κ3) is 2.52. The van der Waals surface area contributed by atoms with Gasteiger partial charge in [0.15, 0.2) is 0 Å². The molecule has 2 rings (SSSR count). The normalized spacial score (nSPS) is 18.2. The molecule has 1 heterocycles. The quantitative estimate of drug-likeness (QED) is 0.550. The van der Waals surface area contributed by atoms with Gasteiger partial charge in [-0.2, -0.15) is 0 Å². The lowest BCUT2D eigenvalue weighted by atomic mass is 9.76. The molecule has 0 spiro atoms. The van der Waals surface area contributed by atoms with E-state index in [9.17, 15) is 4.79 Å². The highest BCUT2D eigenvalue weighted by molar-refractivity contribution is 6.05. The van der Waals surface area contributed by atoms with E-state index in [1.165, 1.54) is 12.8 Å². The molecule has 0 bridgehead atoms. The summed E-state index contributed by atoms with van der Waals surface area (Å²) in [5.41, 5.74) is 2.03. The first-order valence-electron chi connectivity index (χ1n) is 7.56. The molecular formula is C18H25NO. The van der Waals surface area contributed by atoms with Crippen LogP contribution in [0.2, 0.25) is 0 Å². The molecule has 0 saturated heterocycles. The second kappa shape index (κ2) is 5.82. The number of amides is 1. The summed E-state index contributed by atoms with van der Waals surface area (Å²) in [6, 6.07) is 8.19. The molecule has 0 radical (unpaired) electrons. The van der Waals surface area contributed by atoms with Gasteiger partial charge in [0.2, 0.25) is 5.91 Å². The topological polar surface area (TPSA) is 20.3 Å². The van der Waals surface area contributed by atoms with E-state index >= 15 is 0 Å². The molecule has 1 amide bonds. The van der Waals surface area contributed by atoms with Gasteiger partial charge in [0.05, 0.1) is 5.92 Å². The predicted molar refractivity (Wildman–Crippen MR) is 85.0 cm³/mol. The summed E-state index contributed by atoms with van der Waals surface area (Å²) in [6.07, 6.45) is 5.31. The average Bonchev–Trinajstić information content (AvgIpc) is 2.72. The SMILES string of the molecule is C=CC(C)(C)C1C(=O)N(CCCCC)c2ccccc21. The summed E-state index contributed by atoms with van der Waals surface area (Å²) < 4.78 is 0. The Morgan fingerprint density at radius 3 is 2.65 bits per heavy atom. The van der Waals surface area contributed by atoms with Crippen molar-refractivity contribution in [3.8, 4) is 0 Å². The van der Waals surface area contributed by atoms with Gasteiger partial charge < -0.3 is 4.90 Å². The first kappa shape index (κ1) is 14.8. The molecule has 0 fully saturated rings. The van der Waals surface area contributed by atoms with Crippen molar-refractivity contribution < 1.29 is 4.79 Å². The van der Waals surface area contributed by atoms with Gasteiger partial charge in [-0.1, -0.05) is 57.9 Å². The van der Waals surface area contributed by atoms with Crippen LogP contribution in [0.15, 0.2) is 36.9 Å². The van der Waals surface area contributed by atoms with Crippen molar-refractivity contribution in [3.63, 3.8) is 0 Å². The van der Waals surface area contributed by atoms with Gasteiger partial charge in [0.25, 0.3) is 0 Å². The van der Waals surface area contributed by atoms with Crippen molar-refractivity contribution in [2.45, 2.75) is 46.0 Å². The molecule has 108 valence electrons. The molecule has 0 aliphatic carbocycles. The average molecular weight is 271 g/mol. The molecule has 1 aliphatic heterocycles. The van der Waals surface area contributed by atoms with Crippen LogP contribution < -0.4 is 4.90 Å². The summed E-state index contributed by atoms with van der Waals surface area (Å²) in [6.45, 7) is 11.1. The second-order valence-electron chi connectivity index (χ2n) is 6.21. The molecule has 1 aromatic carbocycles. The Morgan fingerprint density at radius 2 is 2.00 bits per heavy atom. The smallest absolute Gasteiger partial charge is 0.235 e. The number of carbonyl (C=O) groups is 1. The molecule has 1 aromatic rings. The van der Waals surface area contributed by atoms with E-state index in [1.807, 2.05) is 23.1 Å². The zero-order chi connectivity index (χ0) is 14.8. The standard InChI is InChI=1S/C18H25NO/c1-5-7-10-13-19-15-12-9-8-11-14(15)16(17(19)20)18(3,4)6-2/h6,8-9,11-12,16H,2,5,7,10,13H2,1,3-4H3. The van der Waals surface area contributed by atoms with Gasteiger partial charge >= 0.3 is 0 Å². The Hall–Kier alpha value is -1.57. The first-order valence-corrected chi connectivity index (χ1v) is 7.56. The van der Waals surface area contributed by atoms with Crippen molar-refractivity contribution >= 4 is 11.6 Å². The van der Waals surface area contributed by atoms with Crippen LogP contribution in [0.4, 0.5) is 5.69 Å². The van der Waals surface area contributed by atoms with Gasteiger partial charge in [-0.25, -0.2) is 0 Å². The third-order valence-electron chi connectivity index (χ3n) is 4.31. The van der Waals surface area contributed by atoms with Crippen molar-refractivity contribution in [1.82, 2.24) is 0 Å². The number of rotatable bonds is 6. The number of allylic oxidation sites excluding steroid dienone is 1. The summed E-state index contributed by atoms with van der Waals surface area (Å²) >= 11 is 0. The van der Waals surface area contributed by atoms with E-state index in [0.29, 0.717) is 0 Å². The number of hydrogen-bond donors (Lipinski definition) is 0. The Bertz CT molecular complexity index is 504. The molecule has 0 N–H and O–H groups in total. The lowest BCUT2D eigenvalue weighted by Gasteiger charge is -2.27. The summed E-state index contributed by atoms with van der Waals surface area (Å²) in [5, 5.41) is 0. The lowest BCUT2D eigenvalue weighted by molar-refractivity contribution is -0.121. The van der Waals surface area contributed by atoms with E-state index in [0.717, 1.165) is 24.2 Å². The number of unbranched alkanes of at least 4 members (excludes halogenated alkanes) is 2. The molecule has 1 unspecified atom stereocenters. The summed E-state index contributed by atoms with van der Waals surface area (Å²) in [4.78, 5) is 14.8. The van der Waals surface area contributed by atoms with Gasteiger partial charge in [-0.15, -0.1) is 6.58 Å². The van der Waals surface area contributed by atoms with Crippen molar-refractivity contribution in [2.75, 3.05) is 11.4 Å². The number of fused-ring (bicyclic) bond motifs is 1. The van der Waals surface area contributed by atoms with Crippen LogP contribution in [-0.2, 0) is 4.79 Å². The van der Waals surface area contributed by atoms with Gasteiger partial charge in [0.1, 0.15) is 0 Å².